The van der Waals surface area contributed by atoms with Crippen LogP contribution in [0.4, 0.5) is 0 Å². The van der Waals surface area contributed by atoms with Crippen molar-refractivity contribution < 1.29 is 9.32 Å². The number of pyridine rings is 1. The summed E-state index contributed by atoms with van der Waals surface area (Å²) in [6.45, 7) is 8.23. The molecule has 1 aromatic carbocycles. The normalized spacial score (nSPS) is 14.9. The van der Waals surface area contributed by atoms with Gasteiger partial charge in [0.05, 0.1) is 11.3 Å². The second-order valence-electron chi connectivity index (χ2n) is 7.90. The zero-order valence-electron chi connectivity index (χ0n) is 17.9. The third-order valence-corrected chi connectivity index (χ3v) is 6.24. The Kier molecular flexibility index (Phi) is 6.99. The summed E-state index contributed by atoms with van der Waals surface area (Å²) in [5, 5.41) is 4.83. The number of hydrogen-bond donors (Lipinski definition) is 0. The van der Waals surface area contributed by atoms with Gasteiger partial charge in [0, 0.05) is 44.8 Å². The molecule has 3 heterocycles. The molecule has 162 valence electrons. The minimum absolute atomic E-state index is 0.136. The maximum atomic E-state index is 12.8. The average Bonchev–Trinajstić information content (AvgIpc) is 3.29. The van der Waals surface area contributed by atoms with E-state index in [0.29, 0.717) is 17.5 Å². The molecule has 0 aliphatic carbocycles. The molecule has 8 heteroatoms. The first-order valence-electron chi connectivity index (χ1n) is 10.6. The van der Waals surface area contributed by atoms with Crippen molar-refractivity contribution in [2.45, 2.75) is 31.3 Å². The van der Waals surface area contributed by atoms with Crippen molar-refractivity contribution in [2.24, 2.45) is 0 Å². The fraction of sp³-hybridized carbons (Fsp3) is 0.391. The van der Waals surface area contributed by atoms with Crippen molar-refractivity contribution in [3.8, 4) is 11.4 Å². The number of hydrogen-bond acceptors (Lipinski definition) is 7. The minimum atomic E-state index is 0.136. The van der Waals surface area contributed by atoms with E-state index in [2.05, 4.69) is 44.3 Å². The summed E-state index contributed by atoms with van der Waals surface area (Å²) < 4.78 is 5.33. The summed E-state index contributed by atoms with van der Waals surface area (Å²) >= 11 is 1.43. The molecule has 0 radical (unpaired) electrons. The largest absolute Gasteiger partial charge is 0.339 e. The number of carbonyl (C=O) groups is 1. The standard InChI is InChI=1S/C23H27N5O2S/c1-17(2)22-25-21(26-30-22)19-9-6-10-24-23(19)31-16-20(29)28-13-11-27(12-14-28)15-18-7-4-3-5-8-18/h3-10,17H,11-16H2,1-2H3. The molecular weight excluding hydrogens is 410 g/mol. The topological polar surface area (TPSA) is 75.4 Å². The Morgan fingerprint density at radius 3 is 2.58 bits per heavy atom. The highest BCUT2D eigenvalue weighted by atomic mass is 32.2. The van der Waals surface area contributed by atoms with Crippen molar-refractivity contribution in [1.82, 2.24) is 24.9 Å². The lowest BCUT2D eigenvalue weighted by molar-refractivity contribution is -0.130. The lowest BCUT2D eigenvalue weighted by Gasteiger charge is -2.34. The van der Waals surface area contributed by atoms with Crippen LogP contribution in [0.3, 0.4) is 0 Å². The van der Waals surface area contributed by atoms with E-state index in [0.717, 1.165) is 43.3 Å². The number of aromatic nitrogens is 3. The number of rotatable bonds is 7. The molecule has 4 rings (SSSR count). The monoisotopic (exact) mass is 437 g/mol. The van der Waals surface area contributed by atoms with E-state index in [-0.39, 0.29) is 11.8 Å². The summed E-state index contributed by atoms with van der Waals surface area (Å²) in [7, 11) is 0. The van der Waals surface area contributed by atoms with Crippen molar-refractivity contribution in [2.75, 3.05) is 31.9 Å². The van der Waals surface area contributed by atoms with E-state index in [1.165, 1.54) is 17.3 Å². The molecule has 3 aromatic rings. The van der Waals surface area contributed by atoms with Gasteiger partial charge in [-0.1, -0.05) is 61.1 Å². The average molecular weight is 438 g/mol. The van der Waals surface area contributed by atoms with Gasteiger partial charge < -0.3 is 9.42 Å². The number of carbonyl (C=O) groups excluding carboxylic acids is 1. The van der Waals surface area contributed by atoms with Crippen molar-refractivity contribution in [1.29, 1.82) is 0 Å². The van der Waals surface area contributed by atoms with Crippen molar-refractivity contribution in [3.05, 3.63) is 60.1 Å². The van der Waals surface area contributed by atoms with Crippen LogP contribution >= 0.6 is 11.8 Å². The molecule has 0 atom stereocenters. The Morgan fingerprint density at radius 1 is 1.10 bits per heavy atom. The quantitative estimate of drug-likeness (QED) is 0.522. The van der Waals surface area contributed by atoms with Crippen LogP contribution in [0.2, 0.25) is 0 Å². The number of piperazine rings is 1. The van der Waals surface area contributed by atoms with Crippen LogP contribution < -0.4 is 0 Å². The van der Waals surface area contributed by atoms with Gasteiger partial charge in [-0.2, -0.15) is 4.98 Å². The molecule has 0 bridgehead atoms. The first-order valence-corrected chi connectivity index (χ1v) is 11.5. The highest BCUT2D eigenvalue weighted by Gasteiger charge is 2.22. The van der Waals surface area contributed by atoms with Gasteiger partial charge in [-0.3, -0.25) is 9.69 Å². The molecule has 1 saturated heterocycles. The maximum Gasteiger partial charge on any atom is 0.233 e. The Morgan fingerprint density at radius 2 is 1.87 bits per heavy atom. The summed E-state index contributed by atoms with van der Waals surface area (Å²) in [6.07, 6.45) is 1.72. The molecule has 0 N–H and O–H groups in total. The number of amides is 1. The van der Waals surface area contributed by atoms with E-state index in [1.807, 2.05) is 36.9 Å². The van der Waals surface area contributed by atoms with Gasteiger partial charge in [-0.25, -0.2) is 4.98 Å². The molecule has 31 heavy (non-hydrogen) atoms. The SMILES string of the molecule is CC(C)c1nc(-c2cccnc2SCC(=O)N2CCN(Cc3ccccc3)CC2)no1. The van der Waals surface area contributed by atoms with E-state index in [9.17, 15) is 4.79 Å². The molecule has 1 fully saturated rings. The van der Waals surface area contributed by atoms with Gasteiger partial charge in [-0.15, -0.1) is 0 Å². The van der Waals surface area contributed by atoms with Gasteiger partial charge in [0.1, 0.15) is 5.03 Å². The van der Waals surface area contributed by atoms with Gasteiger partial charge >= 0.3 is 0 Å². The van der Waals surface area contributed by atoms with Crippen LogP contribution in [0, 0.1) is 0 Å². The summed E-state index contributed by atoms with van der Waals surface area (Å²) in [5.74, 6) is 1.76. The second-order valence-corrected chi connectivity index (χ2v) is 8.86. The molecule has 1 aliphatic heterocycles. The van der Waals surface area contributed by atoms with Crippen molar-refractivity contribution >= 4 is 17.7 Å². The Bertz CT molecular complexity index is 1000. The molecule has 7 nitrogen and oxygen atoms in total. The highest BCUT2D eigenvalue weighted by molar-refractivity contribution is 8.00. The van der Waals surface area contributed by atoms with Crippen molar-refractivity contribution in [3.63, 3.8) is 0 Å². The van der Waals surface area contributed by atoms with E-state index in [1.54, 1.807) is 6.20 Å². The zero-order chi connectivity index (χ0) is 21.6. The predicted octanol–water partition coefficient (Wildman–Crippen LogP) is 3.69. The Labute approximate surface area is 186 Å². The molecule has 1 amide bonds. The zero-order valence-corrected chi connectivity index (χ0v) is 18.7. The molecule has 2 aromatic heterocycles. The molecule has 0 spiro atoms. The first kappa shape index (κ1) is 21.5. The van der Waals surface area contributed by atoms with Crippen LogP contribution in [0.15, 0.2) is 58.2 Å². The molecule has 1 aliphatic rings. The van der Waals surface area contributed by atoms with E-state index in [4.69, 9.17) is 4.52 Å². The van der Waals surface area contributed by atoms with E-state index < -0.39 is 0 Å². The molecule has 0 unspecified atom stereocenters. The third-order valence-electron chi connectivity index (χ3n) is 5.25. The van der Waals surface area contributed by atoms with Crippen LogP contribution in [-0.2, 0) is 11.3 Å². The Hall–Kier alpha value is -2.71. The summed E-state index contributed by atoms with van der Waals surface area (Å²) in [5.41, 5.74) is 2.10. The second kappa shape index (κ2) is 10.1. The minimum Gasteiger partial charge on any atom is -0.339 e. The molecular formula is C23H27N5O2S. The molecule has 0 saturated carbocycles. The van der Waals surface area contributed by atoms with Gasteiger partial charge in [0.2, 0.25) is 17.6 Å². The summed E-state index contributed by atoms with van der Waals surface area (Å²) in [6, 6.07) is 14.2. The fourth-order valence-electron chi connectivity index (χ4n) is 3.47. The first-order chi connectivity index (χ1) is 15.1. The Balaban J connectivity index is 1.31. The third kappa shape index (κ3) is 5.51. The van der Waals surface area contributed by atoms with Gasteiger partial charge in [0.25, 0.3) is 0 Å². The number of nitrogens with zero attached hydrogens (tertiary/aromatic N) is 5. The predicted molar refractivity (Wildman–Crippen MR) is 121 cm³/mol. The highest BCUT2D eigenvalue weighted by Crippen LogP contribution is 2.28. The van der Waals surface area contributed by atoms with Gasteiger partial charge in [0.15, 0.2) is 0 Å². The summed E-state index contributed by atoms with van der Waals surface area (Å²) in [4.78, 5) is 26.0. The van der Waals surface area contributed by atoms with Gasteiger partial charge in [-0.05, 0) is 17.7 Å². The van der Waals surface area contributed by atoms with Crippen LogP contribution in [0.25, 0.3) is 11.4 Å². The lowest BCUT2D eigenvalue weighted by Crippen LogP contribution is -2.48. The maximum absolute atomic E-state index is 12.8. The van der Waals surface area contributed by atoms with Crippen LogP contribution in [0.1, 0.15) is 31.2 Å². The van der Waals surface area contributed by atoms with Crippen LogP contribution in [0.5, 0.6) is 0 Å². The lowest BCUT2D eigenvalue weighted by atomic mass is 10.2. The number of thioether (sulfide) groups is 1. The van der Waals surface area contributed by atoms with E-state index >= 15 is 0 Å². The fourth-order valence-corrected chi connectivity index (χ4v) is 4.37. The number of benzene rings is 1. The smallest absolute Gasteiger partial charge is 0.233 e. The van der Waals surface area contributed by atoms with Crippen LogP contribution in [-0.4, -0.2) is 62.8 Å².